The van der Waals surface area contributed by atoms with E-state index in [1.807, 2.05) is 6.07 Å². The molecule has 0 atom stereocenters. The zero-order chi connectivity index (χ0) is 13.9. The second-order valence-corrected chi connectivity index (χ2v) is 5.74. The minimum Gasteiger partial charge on any atom is -0.365 e. The highest BCUT2D eigenvalue weighted by molar-refractivity contribution is 9.08. The van der Waals surface area contributed by atoms with Crippen LogP contribution in [0.2, 0.25) is 0 Å². The Morgan fingerprint density at radius 2 is 1.85 bits per heavy atom. The average Bonchev–Trinajstić information content (AvgIpc) is 2.68. The summed E-state index contributed by atoms with van der Waals surface area (Å²) in [5.41, 5.74) is 4.48. The molecule has 0 radical (unpaired) electrons. The van der Waals surface area contributed by atoms with E-state index in [4.69, 9.17) is 0 Å². The summed E-state index contributed by atoms with van der Waals surface area (Å²) in [6.45, 7) is 1.69. The van der Waals surface area contributed by atoms with Crippen LogP contribution in [-0.2, 0) is 18.3 Å². The van der Waals surface area contributed by atoms with E-state index in [2.05, 4.69) is 45.1 Å². The maximum absolute atomic E-state index is 14.3. The fourth-order valence-electron chi connectivity index (χ4n) is 2.91. The maximum Gasteiger partial charge on any atom is 0.146 e. The van der Waals surface area contributed by atoms with Gasteiger partial charge in [-0.25, -0.2) is 4.39 Å². The first-order chi connectivity index (χ1) is 9.79. The van der Waals surface area contributed by atoms with Crippen molar-refractivity contribution in [2.45, 2.75) is 24.7 Å². The van der Waals surface area contributed by atoms with Crippen molar-refractivity contribution < 1.29 is 4.39 Å². The lowest BCUT2D eigenvalue weighted by Crippen LogP contribution is -2.24. The van der Waals surface area contributed by atoms with E-state index in [-0.39, 0.29) is 5.82 Å². The molecule has 2 aromatic rings. The van der Waals surface area contributed by atoms with E-state index < -0.39 is 0 Å². The summed E-state index contributed by atoms with van der Waals surface area (Å²) in [6, 6.07) is 13.8. The quantitative estimate of drug-likeness (QED) is 0.721. The molecule has 0 aliphatic carbocycles. The lowest BCUT2D eigenvalue weighted by molar-refractivity contribution is 0.613. The van der Waals surface area contributed by atoms with Crippen LogP contribution in [-0.4, -0.2) is 6.54 Å². The number of anilines is 1. The molecule has 2 aromatic carbocycles. The molecular formula is C17H17BrFN. The fraction of sp³-hybridized carbons (Fsp3) is 0.294. The van der Waals surface area contributed by atoms with Crippen LogP contribution < -0.4 is 4.90 Å². The summed E-state index contributed by atoms with van der Waals surface area (Å²) in [5, 5.41) is 0.679. The summed E-state index contributed by atoms with van der Waals surface area (Å²) in [4.78, 5) is 2.18. The smallest absolute Gasteiger partial charge is 0.146 e. The normalized spacial score (nSPS) is 14.8. The number of benzene rings is 2. The number of fused-ring (bicyclic) bond motifs is 1. The zero-order valence-electron chi connectivity index (χ0n) is 11.3. The van der Waals surface area contributed by atoms with Crippen LogP contribution in [0.1, 0.15) is 23.1 Å². The van der Waals surface area contributed by atoms with Gasteiger partial charge in [-0.05, 0) is 35.6 Å². The van der Waals surface area contributed by atoms with Gasteiger partial charge in [-0.1, -0.05) is 52.3 Å². The van der Waals surface area contributed by atoms with Gasteiger partial charge in [0, 0.05) is 18.4 Å². The van der Waals surface area contributed by atoms with E-state index in [0.29, 0.717) is 5.33 Å². The third-order valence-corrected chi connectivity index (χ3v) is 4.49. The second-order valence-electron chi connectivity index (χ2n) is 5.18. The number of aryl methyl sites for hydroxylation is 1. The molecular weight excluding hydrogens is 317 g/mol. The molecule has 0 N–H and O–H groups in total. The summed E-state index contributed by atoms with van der Waals surface area (Å²) in [7, 11) is 0. The van der Waals surface area contributed by atoms with Crippen molar-refractivity contribution in [3.63, 3.8) is 0 Å². The minimum atomic E-state index is -0.124. The van der Waals surface area contributed by atoms with Crippen LogP contribution >= 0.6 is 15.9 Å². The maximum atomic E-state index is 14.3. The standard InChI is InChI=1S/C17H17BrFN/c18-11-14-7-3-9-16(19)17(14)20-10-4-8-13-5-1-2-6-15(13)12-20/h1-3,5-7,9H,4,8,10-12H2. The van der Waals surface area contributed by atoms with Crippen molar-refractivity contribution in [2.75, 3.05) is 11.4 Å². The van der Waals surface area contributed by atoms with Crippen LogP contribution in [0.25, 0.3) is 0 Å². The predicted molar refractivity (Wildman–Crippen MR) is 84.8 cm³/mol. The number of para-hydroxylation sites is 1. The summed E-state index contributed by atoms with van der Waals surface area (Å²) in [5.74, 6) is -0.124. The van der Waals surface area contributed by atoms with E-state index in [9.17, 15) is 4.39 Å². The van der Waals surface area contributed by atoms with E-state index in [1.54, 1.807) is 12.1 Å². The first kappa shape index (κ1) is 13.6. The summed E-state index contributed by atoms with van der Waals surface area (Å²) >= 11 is 3.47. The van der Waals surface area contributed by atoms with Crippen molar-refractivity contribution in [3.8, 4) is 0 Å². The first-order valence-electron chi connectivity index (χ1n) is 6.94. The van der Waals surface area contributed by atoms with Gasteiger partial charge in [0.25, 0.3) is 0 Å². The molecule has 0 bridgehead atoms. The number of nitrogens with zero attached hydrogens (tertiary/aromatic N) is 1. The van der Waals surface area contributed by atoms with Crippen molar-refractivity contribution in [1.82, 2.24) is 0 Å². The molecule has 0 spiro atoms. The fourth-order valence-corrected chi connectivity index (χ4v) is 3.37. The second kappa shape index (κ2) is 5.96. The minimum absolute atomic E-state index is 0.124. The largest absolute Gasteiger partial charge is 0.365 e. The molecule has 20 heavy (non-hydrogen) atoms. The molecule has 1 heterocycles. The Morgan fingerprint density at radius 1 is 1.05 bits per heavy atom. The van der Waals surface area contributed by atoms with E-state index in [1.165, 1.54) is 11.1 Å². The Bertz CT molecular complexity index is 612. The highest BCUT2D eigenvalue weighted by Crippen LogP contribution is 2.30. The number of rotatable bonds is 2. The first-order valence-corrected chi connectivity index (χ1v) is 8.07. The van der Waals surface area contributed by atoms with Crippen LogP contribution in [0.5, 0.6) is 0 Å². The van der Waals surface area contributed by atoms with Crippen molar-refractivity contribution >= 4 is 21.6 Å². The average molecular weight is 334 g/mol. The van der Waals surface area contributed by atoms with Crippen LogP contribution in [0, 0.1) is 5.82 Å². The third kappa shape index (κ3) is 2.59. The topological polar surface area (TPSA) is 3.24 Å². The van der Waals surface area contributed by atoms with Crippen molar-refractivity contribution in [2.24, 2.45) is 0 Å². The highest BCUT2D eigenvalue weighted by Gasteiger charge is 2.19. The Morgan fingerprint density at radius 3 is 2.65 bits per heavy atom. The highest BCUT2D eigenvalue weighted by atomic mass is 79.9. The Kier molecular flexibility index (Phi) is 4.06. The molecule has 0 amide bonds. The van der Waals surface area contributed by atoms with Gasteiger partial charge in [0.2, 0.25) is 0 Å². The number of hydrogen-bond donors (Lipinski definition) is 0. The van der Waals surface area contributed by atoms with Gasteiger partial charge in [0.15, 0.2) is 0 Å². The zero-order valence-corrected chi connectivity index (χ0v) is 12.9. The van der Waals surface area contributed by atoms with Gasteiger partial charge in [0.1, 0.15) is 5.82 Å². The van der Waals surface area contributed by atoms with Gasteiger partial charge in [-0.2, -0.15) is 0 Å². The number of hydrogen-bond acceptors (Lipinski definition) is 1. The van der Waals surface area contributed by atoms with Gasteiger partial charge >= 0.3 is 0 Å². The Hall–Kier alpha value is -1.35. The molecule has 0 saturated heterocycles. The summed E-state index contributed by atoms with van der Waals surface area (Å²) < 4.78 is 14.3. The number of alkyl halides is 1. The van der Waals surface area contributed by atoms with Gasteiger partial charge in [0.05, 0.1) is 5.69 Å². The molecule has 0 unspecified atom stereocenters. The SMILES string of the molecule is Fc1cccc(CBr)c1N1CCCc2ccccc2C1. The van der Waals surface area contributed by atoms with Gasteiger partial charge in [-0.3, -0.25) is 0 Å². The van der Waals surface area contributed by atoms with Gasteiger partial charge in [-0.15, -0.1) is 0 Å². The third-order valence-electron chi connectivity index (χ3n) is 3.88. The molecule has 3 heteroatoms. The predicted octanol–water partition coefficient (Wildman–Crippen LogP) is 4.67. The molecule has 1 aliphatic heterocycles. The lowest BCUT2D eigenvalue weighted by Gasteiger charge is -2.26. The van der Waals surface area contributed by atoms with Crippen LogP contribution in [0.3, 0.4) is 0 Å². The van der Waals surface area contributed by atoms with Crippen molar-refractivity contribution in [3.05, 3.63) is 65.0 Å². The molecule has 104 valence electrons. The molecule has 0 aromatic heterocycles. The van der Waals surface area contributed by atoms with Crippen LogP contribution in [0.15, 0.2) is 42.5 Å². The Labute approximate surface area is 127 Å². The van der Waals surface area contributed by atoms with Crippen LogP contribution in [0.4, 0.5) is 10.1 Å². The molecule has 0 fully saturated rings. The lowest BCUT2D eigenvalue weighted by atomic mass is 10.0. The molecule has 3 rings (SSSR count). The van der Waals surface area contributed by atoms with Crippen molar-refractivity contribution in [1.29, 1.82) is 0 Å². The van der Waals surface area contributed by atoms with Gasteiger partial charge < -0.3 is 4.90 Å². The molecule has 0 saturated carbocycles. The monoisotopic (exact) mass is 333 g/mol. The summed E-state index contributed by atoms with van der Waals surface area (Å²) in [6.07, 6.45) is 2.14. The molecule has 1 aliphatic rings. The molecule has 1 nitrogen and oxygen atoms in total. The van der Waals surface area contributed by atoms with E-state index in [0.717, 1.165) is 37.2 Å². The Balaban J connectivity index is 2.00. The number of halogens is 2. The van der Waals surface area contributed by atoms with E-state index >= 15 is 0 Å².